The Morgan fingerprint density at radius 2 is 0.706 bits per heavy atom. The second-order valence-electron chi connectivity index (χ2n) is 18.4. The highest BCUT2D eigenvalue weighted by molar-refractivity contribution is 6.25. The van der Waals surface area contributed by atoms with Gasteiger partial charge in [-0.05, 0) is 159 Å². The first-order chi connectivity index (χ1) is 33.7. The van der Waals surface area contributed by atoms with Crippen LogP contribution in [0.3, 0.4) is 0 Å². The molecule has 12 aromatic carbocycles. The molecule has 318 valence electrons. The highest BCUT2D eigenvalue weighted by atomic mass is 15.2. The molecule has 0 bridgehead atoms. The maximum atomic E-state index is 2.49. The quantitative estimate of drug-likeness (QED) is 0.159. The first-order valence-corrected chi connectivity index (χ1v) is 23.7. The van der Waals surface area contributed by atoms with Gasteiger partial charge < -0.3 is 9.80 Å². The summed E-state index contributed by atoms with van der Waals surface area (Å²) in [5.41, 5.74) is 19.8. The SMILES string of the molecule is c1cc(-c2ccc3ccccc3c2)cc(-c2c3cc(N4c5ccccc5Cc5ccccc54)ccc3c(-c3cccc4ccccc34)c3cc(N4c5ccccc5Cc5ccccc54)ccc23)c1. The molecular weight excluding hydrogens is 821 g/mol. The van der Waals surface area contributed by atoms with Gasteiger partial charge >= 0.3 is 0 Å². The lowest BCUT2D eigenvalue weighted by Gasteiger charge is -2.34. The minimum absolute atomic E-state index is 0.910. The average molecular weight is 865 g/mol. The van der Waals surface area contributed by atoms with Crippen LogP contribution in [0.25, 0.3) is 76.5 Å². The summed E-state index contributed by atoms with van der Waals surface area (Å²) in [6.45, 7) is 0. The van der Waals surface area contributed by atoms with Crippen LogP contribution >= 0.6 is 0 Å². The van der Waals surface area contributed by atoms with E-state index in [1.165, 1.54) is 121 Å². The molecule has 14 rings (SSSR count). The molecule has 2 heterocycles. The first-order valence-electron chi connectivity index (χ1n) is 23.7. The van der Waals surface area contributed by atoms with Crippen molar-refractivity contribution in [3.8, 4) is 33.4 Å². The van der Waals surface area contributed by atoms with Crippen molar-refractivity contribution < 1.29 is 0 Å². The van der Waals surface area contributed by atoms with Crippen LogP contribution in [0.5, 0.6) is 0 Å². The van der Waals surface area contributed by atoms with E-state index in [4.69, 9.17) is 0 Å². The van der Waals surface area contributed by atoms with Gasteiger partial charge in [-0.2, -0.15) is 0 Å². The van der Waals surface area contributed by atoms with E-state index in [1.54, 1.807) is 0 Å². The van der Waals surface area contributed by atoms with Gasteiger partial charge in [-0.1, -0.05) is 182 Å². The van der Waals surface area contributed by atoms with Gasteiger partial charge in [0.1, 0.15) is 0 Å². The molecule has 0 aliphatic carbocycles. The maximum Gasteiger partial charge on any atom is 0.0497 e. The van der Waals surface area contributed by atoms with Gasteiger partial charge in [0.25, 0.3) is 0 Å². The van der Waals surface area contributed by atoms with E-state index in [1.807, 2.05) is 0 Å². The molecule has 0 spiro atoms. The molecule has 0 amide bonds. The molecule has 0 fully saturated rings. The standard InChI is InChI=1S/C66H44N2/c1-2-17-45-37-47(32-31-43(45)15-1)46-23-13-24-52(38-46)65-57-35-33-54(68-63-29-11-6-20-50(63)40-51-21-7-12-30-64(51)68)42-60(57)66(56-26-14-22-44-16-3-8-25-55(44)56)58-36-34-53(41-59(58)65)67-61-27-9-4-18-48(61)39-49-19-5-10-28-62(49)67/h1-38,41-42H,39-40H2. The smallest absolute Gasteiger partial charge is 0.0497 e. The summed E-state index contributed by atoms with van der Waals surface area (Å²) in [4.78, 5) is 4.97. The summed E-state index contributed by atoms with van der Waals surface area (Å²) >= 11 is 0. The number of hydrogen-bond acceptors (Lipinski definition) is 2. The summed E-state index contributed by atoms with van der Waals surface area (Å²) in [5, 5.41) is 9.84. The lowest BCUT2D eigenvalue weighted by molar-refractivity contribution is 1.09. The van der Waals surface area contributed by atoms with E-state index in [2.05, 4.69) is 252 Å². The van der Waals surface area contributed by atoms with E-state index in [0.717, 1.165) is 24.2 Å². The number of benzene rings is 12. The van der Waals surface area contributed by atoms with Crippen LogP contribution in [-0.4, -0.2) is 0 Å². The fourth-order valence-corrected chi connectivity index (χ4v) is 11.5. The van der Waals surface area contributed by atoms with Gasteiger partial charge in [0, 0.05) is 47.0 Å². The van der Waals surface area contributed by atoms with E-state index in [9.17, 15) is 0 Å². The molecule has 2 aliphatic heterocycles. The van der Waals surface area contributed by atoms with Crippen molar-refractivity contribution in [2.45, 2.75) is 12.8 Å². The molecule has 0 saturated carbocycles. The largest absolute Gasteiger partial charge is 0.310 e. The summed E-state index contributed by atoms with van der Waals surface area (Å²) in [5.74, 6) is 0. The molecule has 12 aromatic rings. The Balaban J connectivity index is 1.10. The third-order valence-corrected chi connectivity index (χ3v) is 14.6. The third-order valence-electron chi connectivity index (χ3n) is 14.6. The Hall–Kier alpha value is -8.72. The van der Waals surface area contributed by atoms with Crippen molar-refractivity contribution in [1.29, 1.82) is 0 Å². The van der Waals surface area contributed by atoms with Crippen LogP contribution in [0.1, 0.15) is 22.3 Å². The second kappa shape index (κ2) is 15.4. The predicted molar refractivity (Wildman–Crippen MR) is 288 cm³/mol. The van der Waals surface area contributed by atoms with Gasteiger partial charge in [-0.15, -0.1) is 0 Å². The average Bonchev–Trinajstić information content (AvgIpc) is 3.40. The fourth-order valence-electron chi connectivity index (χ4n) is 11.5. The molecule has 0 aromatic heterocycles. The van der Waals surface area contributed by atoms with Crippen molar-refractivity contribution in [3.05, 3.63) is 265 Å². The van der Waals surface area contributed by atoms with Crippen LogP contribution in [0.15, 0.2) is 243 Å². The molecule has 0 radical (unpaired) electrons. The van der Waals surface area contributed by atoms with Gasteiger partial charge in [-0.3, -0.25) is 0 Å². The van der Waals surface area contributed by atoms with E-state index in [-0.39, 0.29) is 0 Å². The zero-order valence-electron chi connectivity index (χ0n) is 37.4. The molecule has 0 atom stereocenters. The van der Waals surface area contributed by atoms with Crippen LogP contribution in [0, 0.1) is 0 Å². The Bertz CT molecular complexity index is 3910. The van der Waals surface area contributed by atoms with E-state index < -0.39 is 0 Å². The third kappa shape index (κ3) is 6.11. The second-order valence-corrected chi connectivity index (χ2v) is 18.4. The molecule has 0 saturated heterocycles. The first kappa shape index (κ1) is 38.5. The van der Waals surface area contributed by atoms with Crippen LogP contribution in [0.4, 0.5) is 34.1 Å². The molecule has 2 nitrogen and oxygen atoms in total. The van der Waals surface area contributed by atoms with Crippen molar-refractivity contribution in [1.82, 2.24) is 0 Å². The van der Waals surface area contributed by atoms with E-state index in [0.29, 0.717) is 0 Å². The molecule has 2 heteroatoms. The Labute approximate surface area is 396 Å². The van der Waals surface area contributed by atoms with Gasteiger partial charge in [0.2, 0.25) is 0 Å². The maximum absolute atomic E-state index is 2.49. The number of fused-ring (bicyclic) bond motifs is 8. The lowest BCUT2D eigenvalue weighted by Crippen LogP contribution is -2.18. The zero-order valence-corrected chi connectivity index (χ0v) is 37.4. The highest BCUT2D eigenvalue weighted by Gasteiger charge is 2.28. The fraction of sp³-hybridized carbons (Fsp3) is 0.0303. The van der Waals surface area contributed by atoms with Gasteiger partial charge in [0.05, 0.1) is 0 Å². The van der Waals surface area contributed by atoms with Crippen LogP contribution in [0.2, 0.25) is 0 Å². The number of anilines is 6. The van der Waals surface area contributed by atoms with Crippen molar-refractivity contribution in [2.24, 2.45) is 0 Å². The molecule has 0 N–H and O–H groups in total. The van der Waals surface area contributed by atoms with Crippen LogP contribution in [-0.2, 0) is 12.8 Å². The lowest BCUT2D eigenvalue weighted by atomic mass is 9.83. The van der Waals surface area contributed by atoms with Gasteiger partial charge in [-0.25, -0.2) is 0 Å². The minimum Gasteiger partial charge on any atom is -0.310 e. The highest BCUT2D eigenvalue weighted by Crippen LogP contribution is 2.52. The van der Waals surface area contributed by atoms with Crippen molar-refractivity contribution >= 4 is 77.2 Å². The topological polar surface area (TPSA) is 6.48 Å². The molecule has 68 heavy (non-hydrogen) atoms. The Morgan fingerprint density at radius 1 is 0.250 bits per heavy atom. The van der Waals surface area contributed by atoms with Gasteiger partial charge in [0.15, 0.2) is 0 Å². The van der Waals surface area contributed by atoms with Crippen molar-refractivity contribution in [2.75, 3.05) is 9.80 Å². The molecular formula is C66H44N2. The minimum atomic E-state index is 0.910. The summed E-state index contributed by atoms with van der Waals surface area (Å²) in [6, 6.07) is 90.5. The monoisotopic (exact) mass is 864 g/mol. The number of rotatable bonds is 5. The molecule has 0 unspecified atom stereocenters. The number of hydrogen-bond donors (Lipinski definition) is 0. The predicted octanol–water partition coefficient (Wildman–Crippen LogP) is 18.0. The Morgan fingerprint density at radius 3 is 1.32 bits per heavy atom. The molecule has 2 aliphatic rings. The zero-order chi connectivity index (χ0) is 44.7. The Kier molecular flexibility index (Phi) is 8.75. The normalized spacial score (nSPS) is 12.8. The number of nitrogens with zero attached hydrogens (tertiary/aromatic N) is 2. The number of para-hydroxylation sites is 4. The summed E-state index contributed by atoms with van der Waals surface area (Å²) in [6.07, 6.45) is 1.82. The summed E-state index contributed by atoms with van der Waals surface area (Å²) < 4.78 is 0. The van der Waals surface area contributed by atoms with E-state index >= 15 is 0 Å². The summed E-state index contributed by atoms with van der Waals surface area (Å²) in [7, 11) is 0. The van der Waals surface area contributed by atoms with Crippen LogP contribution < -0.4 is 9.80 Å². The van der Waals surface area contributed by atoms with Crippen molar-refractivity contribution in [3.63, 3.8) is 0 Å².